The zero-order chi connectivity index (χ0) is 36.9. The van der Waals surface area contributed by atoms with E-state index < -0.39 is 46.5 Å². The van der Waals surface area contributed by atoms with E-state index in [4.69, 9.17) is 0 Å². The van der Waals surface area contributed by atoms with Crippen molar-refractivity contribution in [3.63, 3.8) is 0 Å². The first kappa shape index (κ1) is 36.1. The molecule has 6 rings (SSSR count). The topological polar surface area (TPSA) is 25.8 Å². The summed E-state index contributed by atoms with van der Waals surface area (Å²) >= 11 is 3.11. The lowest BCUT2D eigenvalue weighted by molar-refractivity contribution is -0.180. The number of rotatable bonds is 8. The summed E-state index contributed by atoms with van der Waals surface area (Å²) in [5.41, 5.74) is -0.488. The predicted octanol–water partition coefficient (Wildman–Crippen LogP) is 13.7. The van der Waals surface area contributed by atoms with Gasteiger partial charge in [-0.3, -0.25) is 0 Å². The summed E-state index contributed by atoms with van der Waals surface area (Å²) < 4.78 is 153. The van der Waals surface area contributed by atoms with Crippen molar-refractivity contribution in [1.82, 2.24) is 8.75 Å². The molecule has 0 saturated heterocycles. The van der Waals surface area contributed by atoms with Gasteiger partial charge in [0.1, 0.15) is 22.7 Å². The number of benzene rings is 3. The molecule has 3 aromatic carbocycles. The van der Waals surface area contributed by atoms with Crippen LogP contribution in [0.25, 0.3) is 52.8 Å². The Balaban J connectivity index is 0.00000523. The number of alkyl halides is 8. The van der Waals surface area contributed by atoms with Gasteiger partial charge in [0.15, 0.2) is 0 Å². The predicted molar refractivity (Wildman–Crippen MR) is 192 cm³/mol. The molecule has 272 valence electrons. The fourth-order valence-electron chi connectivity index (χ4n) is 5.17. The molecule has 3 aromatic heterocycles. The van der Waals surface area contributed by atoms with Gasteiger partial charge in [-0.25, -0.2) is 8.78 Å². The summed E-state index contributed by atoms with van der Waals surface area (Å²) in [6, 6.07) is 14.0. The molecule has 2 nitrogen and oxygen atoms in total. The second-order valence-corrected chi connectivity index (χ2v) is 13.6. The van der Waals surface area contributed by atoms with E-state index in [1.54, 1.807) is 48.2 Å². The van der Waals surface area contributed by atoms with Crippen LogP contribution in [0.4, 0.5) is 43.9 Å². The smallest absolute Gasteiger partial charge is 0.206 e. The summed E-state index contributed by atoms with van der Waals surface area (Å²) in [7, 11) is 0. The van der Waals surface area contributed by atoms with Crippen molar-refractivity contribution in [3.05, 3.63) is 95.6 Å². The van der Waals surface area contributed by atoms with Crippen molar-refractivity contribution in [2.45, 2.75) is 37.5 Å². The van der Waals surface area contributed by atoms with Gasteiger partial charge >= 0.3 is 23.7 Å². The molecule has 6 aromatic rings. The molecule has 0 saturated carbocycles. The standard InChI is InChI=1S/C36H18F10N2S3.6H2/c1-3-15-33(39,40)35(43,44)19-5-7-21(25(37)17-19)27-11-13-29(49-27)23-9-10-24(32-31(23)47-51-48-32)30-14-12-28(50-30)22-8-6-20(18-26(22)38)36(45,46)34(41,42)16-4-2;;;;;;/h5-14,17-18H,1-2H3;6*1H. The molecule has 0 atom stereocenters. The first-order valence-corrected chi connectivity index (χ1v) is 16.8. The largest absolute Gasteiger partial charge is 0.374 e. The third-order valence-electron chi connectivity index (χ3n) is 7.71. The highest BCUT2D eigenvalue weighted by Crippen LogP contribution is 2.47. The van der Waals surface area contributed by atoms with Gasteiger partial charge in [0.05, 0.1) is 11.7 Å². The molecule has 0 aliphatic heterocycles. The molecule has 0 aliphatic rings. The van der Waals surface area contributed by atoms with Gasteiger partial charge in [-0.05, 0) is 62.1 Å². The lowest BCUT2D eigenvalue weighted by atomic mass is 10.00. The van der Waals surface area contributed by atoms with Gasteiger partial charge in [-0.1, -0.05) is 36.4 Å². The van der Waals surface area contributed by atoms with Gasteiger partial charge in [0.2, 0.25) is 0 Å². The van der Waals surface area contributed by atoms with Crippen LogP contribution in [-0.4, -0.2) is 20.6 Å². The second kappa shape index (κ2) is 13.1. The highest BCUT2D eigenvalue weighted by atomic mass is 32.1. The fourth-order valence-corrected chi connectivity index (χ4v) is 7.87. The van der Waals surface area contributed by atoms with E-state index in [9.17, 15) is 35.1 Å². The average molecular weight is 777 g/mol. The number of halogens is 10. The van der Waals surface area contributed by atoms with Crippen LogP contribution in [0, 0.1) is 35.3 Å². The number of fused-ring (bicyclic) bond motifs is 1. The Morgan fingerprint density at radius 3 is 1.18 bits per heavy atom. The Morgan fingerprint density at radius 1 is 0.510 bits per heavy atom. The maximum Gasteiger partial charge on any atom is 0.374 e. The van der Waals surface area contributed by atoms with Crippen LogP contribution in [0.15, 0.2) is 72.8 Å². The first-order valence-electron chi connectivity index (χ1n) is 14.5. The third kappa shape index (κ3) is 6.28. The maximum absolute atomic E-state index is 15.1. The summed E-state index contributed by atoms with van der Waals surface area (Å²) in [5, 5.41) is 0. The van der Waals surface area contributed by atoms with Gasteiger partial charge in [-0.2, -0.15) is 43.9 Å². The number of nitrogens with zero attached hydrogens (tertiary/aromatic N) is 2. The Kier molecular flexibility index (Phi) is 9.29. The number of hydrogen-bond donors (Lipinski definition) is 0. The van der Waals surface area contributed by atoms with E-state index in [-0.39, 0.29) is 19.7 Å². The monoisotopic (exact) mass is 776 g/mol. The number of thiophene rings is 2. The van der Waals surface area contributed by atoms with Crippen LogP contribution in [0.3, 0.4) is 0 Å². The van der Waals surface area contributed by atoms with Crippen LogP contribution in [0.2, 0.25) is 0 Å². The van der Waals surface area contributed by atoms with Gasteiger partial charge < -0.3 is 0 Å². The summed E-state index contributed by atoms with van der Waals surface area (Å²) in [6.07, 6.45) is 0. The minimum Gasteiger partial charge on any atom is -0.206 e. The summed E-state index contributed by atoms with van der Waals surface area (Å²) in [4.78, 5) is 1.87. The van der Waals surface area contributed by atoms with Crippen LogP contribution in [-0.2, 0) is 11.8 Å². The van der Waals surface area contributed by atoms with E-state index >= 15 is 8.78 Å². The molecule has 0 fully saturated rings. The van der Waals surface area contributed by atoms with Crippen LogP contribution >= 0.6 is 34.4 Å². The first-order chi connectivity index (χ1) is 24.0. The Hall–Kier alpha value is -4.70. The Labute approximate surface area is 304 Å². The number of hydrogen-bond acceptors (Lipinski definition) is 5. The Bertz CT molecular complexity index is 2280. The maximum atomic E-state index is 15.1. The fraction of sp³-hybridized carbons (Fsp3) is 0.167. The molecule has 0 unspecified atom stereocenters. The molecular weight excluding hydrogens is 747 g/mol. The molecule has 3 heterocycles. The number of aromatic nitrogens is 2. The van der Waals surface area contributed by atoms with Crippen molar-refractivity contribution in [3.8, 4) is 65.4 Å². The van der Waals surface area contributed by atoms with Crippen molar-refractivity contribution in [2.75, 3.05) is 0 Å². The van der Waals surface area contributed by atoms with E-state index in [0.717, 1.165) is 72.5 Å². The van der Waals surface area contributed by atoms with E-state index in [2.05, 4.69) is 8.75 Å². The molecule has 0 N–H and O–H groups in total. The van der Waals surface area contributed by atoms with E-state index in [1.165, 1.54) is 11.8 Å². The third-order valence-corrected chi connectivity index (χ3v) is 10.5. The zero-order valence-electron chi connectivity index (χ0n) is 25.8. The SMILES string of the molecule is CC#CC(F)(F)C(F)(F)c1ccc(-c2ccc(-c3ccc(-c4ccc(-c5ccc(C(F)(F)C(F)(F)C#CC)cc5F)s4)c4nsnc34)s2)c(F)c1.[HH].[HH].[HH].[HH].[HH].[HH]. The van der Waals surface area contributed by atoms with Crippen LogP contribution in [0.1, 0.15) is 33.5 Å². The quantitative estimate of drug-likeness (QED) is 0.114. The minimum absolute atomic E-state index is 0. The van der Waals surface area contributed by atoms with E-state index in [0.29, 0.717) is 53.8 Å². The van der Waals surface area contributed by atoms with Gasteiger partial charge in [0, 0.05) is 61.4 Å². The molecule has 0 radical (unpaired) electrons. The lowest BCUT2D eigenvalue weighted by Crippen LogP contribution is -2.36. The summed E-state index contributed by atoms with van der Waals surface area (Å²) in [5.74, 6) is -15.3. The molecule has 0 bridgehead atoms. The minimum atomic E-state index is -4.73. The normalized spacial score (nSPS) is 12.4. The van der Waals surface area contributed by atoms with Gasteiger partial charge in [-0.15, -0.1) is 34.5 Å². The van der Waals surface area contributed by atoms with E-state index in [1.807, 2.05) is 0 Å². The second-order valence-electron chi connectivity index (χ2n) is 10.9. The van der Waals surface area contributed by atoms with Crippen molar-refractivity contribution in [1.29, 1.82) is 0 Å². The molecule has 0 spiro atoms. The van der Waals surface area contributed by atoms with Gasteiger partial charge in [0.25, 0.3) is 0 Å². The Morgan fingerprint density at radius 2 is 0.843 bits per heavy atom. The zero-order valence-corrected chi connectivity index (χ0v) is 28.3. The van der Waals surface area contributed by atoms with Crippen molar-refractivity contribution >= 4 is 45.4 Å². The molecular formula is C36H30F10N2S3. The van der Waals surface area contributed by atoms with Crippen molar-refractivity contribution in [2.24, 2.45) is 0 Å². The van der Waals surface area contributed by atoms with Crippen LogP contribution in [0.5, 0.6) is 0 Å². The lowest BCUT2D eigenvalue weighted by Gasteiger charge is -2.22. The molecule has 15 heteroatoms. The highest BCUT2D eigenvalue weighted by molar-refractivity contribution is 7.19. The average Bonchev–Trinajstić information content (AvgIpc) is 3.86. The van der Waals surface area contributed by atoms with Crippen LogP contribution < -0.4 is 0 Å². The van der Waals surface area contributed by atoms with Crippen molar-refractivity contribution < 1.29 is 52.5 Å². The molecule has 0 aliphatic carbocycles. The highest BCUT2D eigenvalue weighted by Gasteiger charge is 2.57. The molecule has 51 heavy (non-hydrogen) atoms. The summed E-state index contributed by atoms with van der Waals surface area (Å²) in [6.45, 7) is 1.98. The molecule has 0 amide bonds.